The quantitative estimate of drug-likeness (QED) is 0.176. The molecule has 1 saturated heterocycles. The third kappa shape index (κ3) is 4.88. The van der Waals surface area contributed by atoms with Gasteiger partial charge in [0.1, 0.15) is 5.75 Å². The minimum Gasteiger partial charge on any atom is -0.454 e. The summed E-state index contributed by atoms with van der Waals surface area (Å²) in [5, 5.41) is 15.8. The topological polar surface area (TPSA) is 102 Å². The van der Waals surface area contributed by atoms with E-state index >= 15 is 4.39 Å². The van der Waals surface area contributed by atoms with Crippen LogP contribution in [0.2, 0.25) is 0 Å². The number of aromatic nitrogens is 1. The standard InChI is InChI=1S/C27H26F4N6O/c28-21-15-18(36-9-5-27(30,31)6-10-36)12-17-14-22(37(11-7-32)26(33)34)20-13-16(3-4-23(20)38-24(17)21)19-2-1-8-35-25(19)29/h1-4,7-8,12-13,15,22,32H,5-6,9-11,14H2,(H3,33,34). The van der Waals surface area contributed by atoms with E-state index < -0.39 is 23.7 Å². The Morgan fingerprint density at radius 3 is 2.63 bits per heavy atom. The summed E-state index contributed by atoms with van der Waals surface area (Å²) in [6.07, 6.45) is 1.95. The lowest BCUT2D eigenvalue weighted by molar-refractivity contribution is -0.0220. The predicted molar refractivity (Wildman–Crippen MR) is 136 cm³/mol. The fraction of sp³-hybridized carbons (Fsp3) is 0.296. The van der Waals surface area contributed by atoms with Gasteiger partial charge in [-0.2, -0.15) is 4.39 Å². The molecule has 3 aromatic rings. The minimum absolute atomic E-state index is 0.00361. The van der Waals surface area contributed by atoms with Gasteiger partial charge in [0.25, 0.3) is 5.92 Å². The van der Waals surface area contributed by atoms with Crippen molar-refractivity contribution in [1.82, 2.24) is 9.88 Å². The number of anilines is 1. The van der Waals surface area contributed by atoms with E-state index in [2.05, 4.69) is 4.98 Å². The molecule has 0 aliphatic carbocycles. The van der Waals surface area contributed by atoms with Crippen LogP contribution in [-0.4, -0.2) is 47.6 Å². The number of hydrogen-bond acceptors (Lipinski definition) is 5. The van der Waals surface area contributed by atoms with E-state index in [0.29, 0.717) is 28.1 Å². The number of guanidine groups is 1. The SMILES string of the molecule is N=CCN(C(=N)N)C1Cc2cc(N3CCC(F)(F)CC3)cc(F)c2Oc2ccc(-c3cccnc3F)cc21. The summed E-state index contributed by atoms with van der Waals surface area (Å²) in [6, 6.07) is 10.4. The van der Waals surface area contributed by atoms with Gasteiger partial charge in [-0.05, 0) is 35.9 Å². The molecule has 1 aromatic heterocycles. The highest BCUT2D eigenvalue weighted by atomic mass is 19.3. The number of nitrogens with two attached hydrogens (primary N) is 1. The number of halogens is 4. The van der Waals surface area contributed by atoms with Gasteiger partial charge in [0.15, 0.2) is 17.5 Å². The van der Waals surface area contributed by atoms with Crippen LogP contribution in [0.3, 0.4) is 0 Å². The predicted octanol–water partition coefficient (Wildman–Crippen LogP) is 5.50. The summed E-state index contributed by atoms with van der Waals surface area (Å²) in [4.78, 5) is 6.90. The maximum Gasteiger partial charge on any atom is 0.251 e. The average molecular weight is 527 g/mol. The first kappa shape index (κ1) is 25.5. The smallest absolute Gasteiger partial charge is 0.251 e. The Balaban J connectivity index is 1.60. The molecule has 2 aliphatic rings. The molecule has 2 aliphatic heterocycles. The molecule has 1 unspecified atom stereocenters. The van der Waals surface area contributed by atoms with Crippen molar-refractivity contribution >= 4 is 17.9 Å². The zero-order valence-corrected chi connectivity index (χ0v) is 20.4. The van der Waals surface area contributed by atoms with Crippen LogP contribution >= 0.6 is 0 Å². The molecule has 5 rings (SSSR count). The number of fused-ring (bicyclic) bond motifs is 2. The second-order valence-corrected chi connectivity index (χ2v) is 9.42. The maximum atomic E-state index is 15.5. The van der Waals surface area contributed by atoms with E-state index in [1.807, 2.05) is 0 Å². The van der Waals surface area contributed by atoms with Crippen molar-refractivity contribution in [3.63, 3.8) is 0 Å². The first-order valence-electron chi connectivity index (χ1n) is 12.1. The van der Waals surface area contributed by atoms with Gasteiger partial charge in [-0.25, -0.2) is 18.2 Å². The van der Waals surface area contributed by atoms with Gasteiger partial charge in [0.2, 0.25) is 5.95 Å². The first-order chi connectivity index (χ1) is 18.2. The summed E-state index contributed by atoms with van der Waals surface area (Å²) < 4.78 is 63.4. The van der Waals surface area contributed by atoms with Gasteiger partial charge in [-0.15, -0.1) is 0 Å². The highest BCUT2D eigenvalue weighted by molar-refractivity contribution is 5.79. The van der Waals surface area contributed by atoms with Crippen molar-refractivity contribution in [3.05, 3.63) is 71.6 Å². The molecule has 7 nitrogen and oxygen atoms in total. The van der Waals surface area contributed by atoms with Gasteiger partial charge >= 0.3 is 0 Å². The molecule has 0 bridgehead atoms. The molecule has 3 heterocycles. The lowest BCUT2D eigenvalue weighted by Crippen LogP contribution is -2.41. The summed E-state index contributed by atoms with van der Waals surface area (Å²) in [5.74, 6) is -4.07. The highest BCUT2D eigenvalue weighted by Crippen LogP contribution is 2.45. The van der Waals surface area contributed by atoms with Crippen molar-refractivity contribution in [2.24, 2.45) is 5.73 Å². The average Bonchev–Trinajstić information content (AvgIpc) is 3.04. The second-order valence-electron chi connectivity index (χ2n) is 9.42. The van der Waals surface area contributed by atoms with E-state index in [1.54, 1.807) is 41.3 Å². The minimum atomic E-state index is -2.74. The Bertz CT molecular complexity index is 1390. The summed E-state index contributed by atoms with van der Waals surface area (Å²) in [6.45, 7) is 0.177. The molecular formula is C27H26F4N6O. The molecule has 0 spiro atoms. The van der Waals surface area contributed by atoms with Crippen LogP contribution in [0, 0.1) is 22.6 Å². The molecule has 1 atom stereocenters. The molecule has 4 N–H and O–H groups in total. The third-order valence-electron chi connectivity index (χ3n) is 7.00. The maximum absolute atomic E-state index is 15.5. The van der Waals surface area contributed by atoms with E-state index in [9.17, 15) is 13.2 Å². The van der Waals surface area contributed by atoms with Crippen LogP contribution in [0.5, 0.6) is 11.5 Å². The molecule has 38 heavy (non-hydrogen) atoms. The lowest BCUT2D eigenvalue weighted by atomic mass is 9.94. The van der Waals surface area contributed by atoms with E-state index in [4.69, 9.17) is 21.3 Å². The number of nitrogens with zero attached hydrogens (tertiary/aromatic N) is 3. The van der Waals surface area contributed by atoms with Crippen molar-refractivity contribution in [2.45, 2.75) is 31.2 Å². The lowest BCUT2D eigenvalue weighted by Gasteiger charge is -2.34. The Morgan fingerprint density at radius 2 is 1.95 bits per heavy atom. The van der Waals surface area contributed by atoms with Crippen LogP contribution in [0.25, 0.3) is 11.1 Å². The Hall–Kier alpha value is -4.15. The van der Waals surface area contributed by atoms with E-state index in [-0.39, 0.29) is 56.2 Å². The summed E-state index contributed by atoms with van der Waals surface area (Å²) in [7, 11) is 0. The molecule has 0 radical (unpaired) electrons. The molecular weight excluding hydrogens is 500 g/mol. The monoisotopic (exact) mass is 526 g/mol. The molecule has 0 saturated carbocycles. The van der Waals surface area contributed by atoms with Crippen molar-refractivity contribution in [2.75, 3.05) is 24.5 Å². The summed E-state index contributed by atoms with van der Waals surface area (Å²) >= 11 is 0. The molecule has 2 aromatic carbocycles. The fourth-order valence-electron chi connectivity index (χ4n) is 5.04. The van der Waals surface area contributed by atoms with Gasteiger partial charge in [-0.3, -0.25) is 5.41 Å². The van der Waals surface area contributed by atoms with Crippen LogP contribution in [-0.2, 0) is 6.42 Å². The Kier molecular flexibility index (Phi) is 6.68. The van der Waals surface area contributed by atoms with Gasteiger partial charge in [0, 0.05) is 73.2 Å². The number of rotatable bonds is 5. The molecule has 11 heteroatoms. The van der Waals surface area contributed by atoms with Crippen LogP contribution in [0.1, 0.15) is 30.0 Å². The third-order valence-corrected chi connectivity index (χ3v) is 7.00. The number of alkyl halides is 2. The number of nitrogens with one attached hydrogen (secondary N) is 2. The zero-order chi connectivity index (χ0) is 27.0. The van der Waals surface area contributed by atoms with E-state index in [0.717, 1.165) is 6.21 Å². The van der Waals surface area contributed by atoms with Crippen molar-refractivity contribution < 1.29 is 22.3 Å². The van der Waals surface area contributed by atoms with Gasteiger partial charge in [-0.1, -0.05) is 6.07 Å². The van der Waals surface area contributed by atoms with Crippen molar-refractivity contribution in [3.8, 4) is 22.6 Å². The van der Waals surface area contributed by atoms with Crippen LogP contribution in [0.4, 0.5) is 23.2 Å². The number of benzene rings is 2. The highest BCUT2D eigenvalue weighted by Gasteiger charge is 2.36. The normalized spacial score (nSPS) is 18.0. The van der Waals surface area contributed by atoms with Crippen LogP contribution in [0.15, 0.2) is 48.7 Å². The van der Waals surface area contributed by atoms with Crippen molar-refractivity contribution in [1.29, 1.82) is 10.8 Å². The number of pyridine rings is 1. The molecule has 198 valence electrons. The van der Waals surface area contributed by atoms with Gasteiger partial charge < -0.3 is 25.7 Å². The zero-order valence-electron chi connectivity index (χ0n) is 20.4. The van der Waals surface area contributed by atoms with E-state index in [1.165, 1.54) is 17.2 Å². The van der Waals surface area contributed by atoms with Gasteiger partial charge in [0.05, 0.1) is 12.6 Å². The van der Waals surface area contributed by atoms with Crippen LogP contribution < -0.4 is 15.4 Å². The number of piperidine rings is 1. The molecule has 0 amide bonds. The Labute approximate surface area is 216 Å². The first-order valence-corrected chi connectivity index (χ1v) is 12.1. The fourth-order valence-corrected chi connectivity index (χ4v) is 5.04. The molecule has 1 fully saturated rings. The number of hydrogen-bond donors (Lipinski definition) is 3. The number of ether oxygens (including phenoxy) is 1. The largest absolute Gasteiger partial charge is 0.454 e. The summed E-state index contributed by atoms with van der Waals surface area (Å²) in [5.41, 5.74) is 8.11. The Morgan fingerprint density at radius 1 is 1.18 bits per heavy atom. The second kappa shape index (κ2) is 9.96.